The fourth-order valence-electron chi connectivity index (χ4n) is 4.13. The molecule has 2 heteroatoms. The van der Waals surface area contributed by atoms with Crippen LogP contribution >= 0.6 is 11.6 Å². The lowest BCUT2D eigenvalue weighted by atomic mass is 10.00. The maximum atomic E-state index is 5.97. The Morgan fingerprint density at radius 2 is 1.79 bits per heavy atom. The molecule has 2 fully saturated rings. The van der Waals surface area contributed by atoms with Gasteiger partial charge in [-0.2, -0.15) is 0 Å². The van der Waals surface area contributed by atoms with Crippen LogP contribution < -0.4 is 5.32 Å². The molecule has 2 saturated carbocycles. The van der Waals surface area contributed by atoms with Crippen LogP contribution in [0.5, 0.6) is 0 Å². The summed E-state index contributed by atoms with van der Waals surface area (Å²) in [6.07, 6.45) is 7.01. The monoisotopic (exact) mass is 277 g/mol. The molecule has 1 nitrogen and oxygen atoms in total. The second kappa shape index (κ2) is 5.85. The van der Waals surface area contributed by atoms with Crippen molar-refractivity contribution in [2.24, 2.45) is 17.8 Å². The highest BCUT2D eigenvalue weighted by Crippen LogP contribution is 2.57. The Bertz CT molecular complexity index is 402. The quantitative estimate of drug-likeness (QED) is 0.846. The SMILES string of the molecule is CCNC(Cc1ccc(Cl)cc1)C1C2CCCCC21. The highest BCUT2D eigenvalue weighted by Gasteiger charge is 2.53. The maximum absolute atomic E-state index is 5.97. The molecule has 1 N–H and O–H groups in total. The van der Waals surface area contributed by atoms with Crippen LogP contribution in [0.1, 0.15) is 38.2 Å². The summed E-state index contributed by atoms with van der Waals surface area (Å²) < 4.78 is 0. The minimum Gasteiger partial charge on any atom is -0.314 e. The van der Waals surface area contributed by atoms with Gasteiger partial charge in [-0.15, -0.1) is 0 Å². The van der Waals surface area contributed by atoms with Crippen molar-refractivity contribution >= 4 is 11.6 Å². The van der Waals surface area contributed by atoms with Crippen molar-refractivity contribution < 1.29 is 0 Å². The molecule has 1 aromatic rings. The van der Waals surface area contributed by atoms with Crippen molar-refractivity contribution in [3.63, 3.8) is 0 Å². The predicted molar refractivity (Wildman–Crippen MR) is 81.6 cm³/mol. The maximum Gasteiger partial charge on any atom is 0.0406 e. The van der Waals surface area contributed by atoms with Crippen molar-refractivity contribution in [2.45, 2.75) is 45.1 Å². The van der Waals surface area contributed by atoms with Gasteiger partial charge in [-0.3, -0.25) is 0 Å². The van der Waals surface area contributed by atoms with Gasteiger partial charge in [-0.05, 0) is 61.3 Å². The highest BCUT2D eigenvalue weighted by atomic mass is 35.5. The fraction of sp³-hybridized carbons (Fsp3) is 0.647. The average molecular weight is 278 g/mol. The van der Waals surface area contributed by atoms with Crippen molar-refractivity contribution in [3.8, 4) is 0 Å². The number of fused-ring (bicyclic) bond motifs is 1. The number of hydrogen-bond donors (Lipinski definition) is 1. The molecule has 0 aliphatic heterocycles. The van der Waals surface area contributed by atoms with Gasteiger partial charge in [0.05, 0.1) is 0 Å². The van der Waals surface area contributed by atoms with Crippen LogP contribution in [0.15, 0.2) is 24.3 Å². The van der Waals surface area contributed by atoms with E-state index in [0.717, 1.165) is 35.7 Å². The molecule has 2 aliphatic carbocycles. The lowest BCUT2D eigenvalue weighted by Crippen LogP contribution is -2.34. The first-order chi connectivity index (χ1) is 9.29. The molecule has 0 saturated heterocycles. The molecule has 0 heterocycles. The summed E-state index contributed by atoms with van der Waals surface area (Å²) in [6, 6.07) is 9.05. The van der Waals surface area contributed by atoms with Gasteiger partial charge in [0.2, 0.25) is 0 Å². The van der Waals surface area contributed by atoms with Crippen LogP contribution in [-0.2, 0) is 6.42 Å². The van der Waals surface area contributed by atoms with Gasteiger partial charge < -0.3 is 5.32 Å². The third kappa shape index (κ3) is 2.98. The first-order valence-corrected chi connectivity index (χ1v) is 8.15. The molecule has 19 heavy (non-hydrogen) atoms. The van der Waals surface area contributed by atoms with E-state index in [1.54, 1.807) is 0 Å². The van der Waals surface area contributed by atoms with E-state index in [0.29, 0.717) is 6.04 Å². The van der Waals surface area contributed by atoms with Crippen LogP contribution in [-0.4, -0.2) is 12.6 Å². The number of nitrogens with one attached hydrogen (secondary N) is 1. The Kier molecular flexibility index (Phi) is 4.14. The molecule has 2 aliphatic rings. The molecular weight excluding hydrogens is 254 g/mol. The summed E-state index contributed by atoms with van der Waals surface area (Å²) in [5, 5.41) is 4.57. The van der Waals surface area contributed by atoms with Gasteiger partial charge in [0.15, 0.2) is 0 Å². The lowest BCUT2D eigenvalue weighted by Gasteiger charge is -2.18. The van der Waals surface area contributed by atoms with Gasteiger partial charge in [0.1, 0.15) is 0 Å². The summed E-state index contributed by atoms with van der Waals surface area (Å²) in [7, 11) is 0. The molecule has 0 amide bonds. The molecule has 3 unspecified atom stereocenters. The summed E-state index contributed by atoms with van der Waals surface area (Å²) in [6.45, 7) is 3.30. The molecule has 1 aromatic carbocycles. The lowest BCUT2D eigenvalue weighted by molar-refractivity contribution is 0.437. The Labute approximate surface area is 121 Å². The standard InChI is InChI=1S/C17H24ClN/c1-2-19-16(11-12-7-9-13(18)10-8-12)17-14-5-3-4-6-15(14)17/h7-10,14-17,19H,2-6,11H2,1H3. The zero-order valence-corrected chi connectivity index (χ0v) is 12.5. The van der Waals surface area contributed by atoms with E-state index in [2.05, 4.69) is 24.4 Å². The van der Waals surface area contributed by atoms with Crippen LogP contribution in [0, 0.1) is 17.8 Å². The summed E-state index contributed by atoms with van der Waals surface area (Å²) in [5.41, 5.74) is 1.42. The van der Waals surface area contributed by atoms with Gasteiger partial charge in [-0.1, -0.05) is 43.5 Å². The molecule has 104 valence electrons. The third-order valence-corrected chi connectivity index (χ3v) is 5.27. The second-order valence-electron chi connectivity index (χ2n) is 6.18. The van der Waals surface area contributed by atoms with E-state index in [4.69, 9.17) is 11.6 Å². The minimum absolute atomic E-state index is 0.666. The molecule has 3 rings (SSSR count). The molecule has 3 atom stereocenters. The van der Waals surface area contributed by atoms with Gasteiger partial charge >= 0.3 is 0 Å². The number of likely N-dealkylation sites (N-methyl/N-ethyl adjacent to an activating group) is 1. The van der Waals surface area contributed by atoms with E-state index in [1.165, 1.54) is 31.2 Å². The van der Waals surface area contributed by atoms with E-state index in [9.17, 15) is 0 Å². The van der Waals surface area contributed by atoms with E-state index >= 15 is 0 Å². The molecule has 0 radical (unpaired) electrons. The Morgan fingerprint density at radius 1 is 1.16 bits per heavy atom. The number of benzene rings is 1. The van der Waals surface area contributed by atoms with E-state index in [-0.39, 0.29) is 0 Å². The normalized spacial score (nSPS) is 30.7. The van der Waals surface area contributed by atoms with Crippen LogP contribution in [0.3, 0.4) is 0 Å². The summed E-state index contributed by atoms with van der Waals surface area (Å²) in [5.74, 6) is 2.97. The topological polar surface area (TPSA) is 12.0 Å². The highest BCUT2D eigenvalue weighted by molar-refractivity contribution is 6.30. The van der Waals surface area contributed by atoms with Crippen LogP contribution in [0.4, 0.5) is 0 Å². The Morgan fingerprint density at radius 3 is 2.37 bits per heavy atom. The van der Waals surface area contributed by atoms with Crippen molar-refractivity contribution in [1.29, 1.82) is 0 Å². The number of halogens is 1. The summed E-state index contributed by atoms with van der Waals surface area (Å²) >= 11 is 5.97. The zero-order valence-electron chi connectivity index (χ0n) is 11.7. The van der Waals surface area contributed by atoms with Gasteiger partial charge in [0.25, 0.3) is 0 Å². The Hall–Kier alpha value is -0.530. The second-order valence-corrected chi connectivity index (χ2v) is 6.62. The predicted octanol–water partition coefficient (Wildman–Crippen LogP) is 4.30. The first-order valence-electron chi connectivity index (χ1n) is 7.77. The molecule has 0 spiro atoms. The summed E-state index contributed by atoms with van der Waals surface area (Å²) in [4.78, 5) is 0. The first kappa shape index (κ1) is 13.5. The minimum atomic E-state index is 0.666. The van der Waals surface area contributed by atoms with E-state index in [1.807, 2.05) is 12.1 Å². The molecular formula is C17H24ClN. The van der Waals surface area contributed by atoms with Gasteiger partial charge in [0, 0.05) is 11.1 Å². The van der Waals surface area contributed by atoms with Crippen molar-refractivity contribution in [1.82, 2.24) is 5.32 Å². The average Bonchev–Trinajstić information content (AvgIpc) is 3.15. The molecule has 0 aromatic heterocycles. The van der Waals surface area contributed by atoms with Gasteiger partial charge in [-0.25, -0.2) is 0 Å². The smallest absolute Gasteiger partial charge is 0.0406 e. The van der Waals surface area contributed by atoms with Crippen molar-refractivity contribution in [3.05, 3.63) is 34.9 Å². The van der Waals surface area contributed by atoms with E-state index < -0.39 is 0 Å². The van der Waals surface area contributed by atoms with Crippen LogP contribution in [0.2, 0.25) is 5.02 Å². The molecule has 0 bridgehead atoms. The Balaban J connectivity index is 1.66. The van der Waals surface area contributed by atoms with Crippen LogP contribution in [0.25, 0.3) is 0 Å². The zero-order chi connectivity index (χ0) is 13.2. The number of hydrogen-bond acceptors (Lipinski definition) is 1. The van der Waals surface area contributed by atoms with Crippen molar-refractivity contribution in [2.75, 3.05) is 6.54 Å². The third-order valence-electron chi connectivity index (χ3n) is 5.02. The fourth-order valence-corrected chi connectivity index (χ4v) is 4.25. The number of rotatable bonds is 5. The largest absolute Gasteiger partial charge is 0.314 e.